The van der Waals surface area contributed by atoms with Gasteiger partial charge in [0.25, 0.3) is 0 Å². The summed E-state index contributed by atoms with van der Waals surface area (Å²) in [5, 5.41) is 12.5. The van der Waals surface area contributed by atoms with Gasteiger partial charge in [-0.2, -0.15) is 0 Å². The number of nitrogens with two attached hydrogens (primary N) is 1. The summed E-state index contributed by atoms with van der Waals surface area (Å²) in [6.45, 7) is 0. The van der Waals surface area contributed by atoms with Crippen molar-refractivity contribution in [2.45, 2.75) is 18.9 Å². The van der Waals surface area contributed by atoms with E-state index in [4.69, 9.17) is 22.4 Å². The molecule has 0 fully saturated rings. The predicted octanol–water partition coefficient (Wildman–Crippen LogP) is 2.02. The number of carbonyl (C=O) groups excluding carboxylic acids is 1. The van der Waals surface area contributed by atoms with E-state index in [-0.39, 0.29) is 12.8 Å². The van der Waals surface area contributed by atoms with Gasteiger partial charge in [0.1, 0.15) is 0 Å². The van der Waals surface area contributed by atoms with Gasteiger partial charge in [0.2, 0.25) is 5.91 Å². The van der Waals surface area contributed by atoms with Crippen LogP contribution in [0.3, 0.4) is 0 Å². The summed E-state index contributed by atoms with van der Waals surface area (Å²) in [7, 11) is 0. The fraction of sp³-hybridized carbons (Fsp3) is 0.214. The zero-order chi connectivity index (χ0) is 15.4. The van der Waals surface area contributed by atoms with Gasteiger partial charge in [-0.3, -0.25) is 14.6 Å². The van der Waals surface area contributed by atoms with Crippen molar-refractivity contribution in [1.82, 2.24) is 4.98 Å². The van der Waals surface area contributed by atoms with Gasteiger partial charge >= 0.3 is 5.97 Å². The van der Waals surface area contributed by atoms with Gasteiger partial charge in [-0.1, -0.05) is 11.6 Å². The number of halogens is 1. The number of carboxylic acid groups (broad SMARTS) is 1. The largest absolute Gasteiger partial charge is 0.481 e. The van der Waals surface area contributed by atoms with Gasteiger partial charge in [-0.25, -0.2) is 0 Å². The van der Waals surface area contributed by atoms with E-state index in [0.717, 1.165) is 0 Å². The van der Waals surface area contributed by atoms with Gasteiger partial charge in [0.15, 0.2) is 0 Å². The Morgan fingerprint density at radius 2 is 2.14 bits per heavy atom. The Bertz CT molecular complexity index is 690. The minimum absolute atomic E-state index is 0.0743. The smallest absolute Gasteiger partial charge is 0.303 e. The zero-order valence-electron chi connectivity index (χ0n) is 11.0. The molecule has 0 radical (unpaired) electrons. The summed E-state index contributed by atoms with van der Waals surface area (Å²) < 4.78 is 0. The van der Waals surface area contributed by atoms with Crippen LogP contribution in [0.1, 0.15) is 12.8 Å². The first-order chi connectivity index (χ1) is 9.99. The molecule has 0 spiro atoms. The van der Waals surface area contributed by atoms with E-state index in [1.807, 2.05) is 0 Å². The minimum atomic E-state index is -0.987. The van der Waals surface area contributed by atoms with Crippen LogP contribution in [0.2, 0.25) is 5.02 Å². The Labute approximate surface area is 125 Å². The predicted molar refractivity (Wildman–Crippen MR) is 80.2 cm³/mol. The maximum atomic E-state index is 12.0. The Hall–Kier alpha value is -2.18. The number of pyridine rings is 1. The fourth-order valence-electron chi connectivity index (χ4n) is 1.88. The van der Waals surface area contributed by atoms with Crippen molar-refractivity contribution in [3.8, 4) is 0 Å². The molecule has 7 heteroatoms. The van der Waals surface area contributed by atoms with Crippen molar-refractivity contribution >= 4 is 40.1 Å². The monoisotopic (exact) mass is 307 g/mol. The maximum Gasteiger partial charge on any atom is 0.303 e. The number of aliphatic carboxylic acids is 1. The third-order valence-electron chi connectivity index (χ3n) is 2.98. The summed E-state index contributed by atoms with van der Waals surface area (Å²) in [4.78, 5) is 26.6. The lowest BCUT2D eigenvalue weighted by atomic mass is 10.1. The van der Waals surface area contributed by atoms with E-state index in [9.17, 15) is 9.59 Å². The molecule has 2 aromatic rings. The first kappa shape index (κ1) is 15.2. The van der Waals surface area contributed by atoms with E-state index in [2.05, 4.69) is 10.3 Å². The molecule has 110 valence electrons. The maximum absolute atomic E-state index is 12.0. The quantitative estimate of drug-likeness (QED) is 0.783. The molecule has 1 aromatic heterocycles. The molecule has 1 heterocycles. The minimum Gasteiger partial charge on any atom is -0.481 e. The fourth-order valence-corrected chi connectivity index (χ4v) is 2.10. The number of nitrogens with zero attached hydrogens (tertiary/aromatic N) is 1. The summed E-state index contributed by atoms with van der Waals surface area (Å²) in [5.74, 6) is -1.43. The van der Waals surface area contributed by atoms with Crippen LogP contribution in [0, 0.1) is 0 Å². The van der Waals surface area contributed by atoms with E-state index >= 15 is 0 Å². The van der Waals surface area contributed by atoms with Crippen molar-refractivity contribution < 1.29 is 14.7 Å². The Kier molecular flexibility index (Phi) is 4.72. The Balaban J connectivity index is 2.18. The average Bonchev–Trinajstić information content (AvgIpc) is 2.47. The van der Waals surface area contributed by atoms with Crippen molar-refractivity contribution in [2.24, 2.45) is 5.73 Å². The number of fused-ring (bicyclic) bond motifs is 1. The summed E-state index contributed by atoms with van der Waals surface area (Å²) >= 11 is 6.05. The standard InChI is InChI=1S/C14H14ClN3O3/c15-9-3-5-11(8-2-1-7-17-13(8)9)18-14(21)10(16)4-6-12(19)20/h1-3,5,7,10H,4,6,16H2,(H,18,21)(H,19,20). The highest BCUT2D eigenvalue weighted by atomic mass is 35.5. The number of nitrogens with one attached hydrogen (secondary N) is 1. The number of hydrogen-bond donors (Lipinski definition) is 3. The van der Waals surface area contributed by atoms with Gasteiger partial charge in [-0.15, -0.1) is 0 Å². The molecule has 6 nitrogen and oxygen atoms in total. The molecule has 1 atom stereocenters. The number of carbonyl (C=O) groups is 2. The van der Waals surface area contributed by atoms with Crippen LogP contribution in [0.4, 0.5) is 5.69 Å². The molecule has 0 aliphatic rings. The van der Waals surface area contributed by atoms with Crippen LogP contribution in [0.15, 0.2) is 30.5 Å². The van der Waals surface area contributed by atoms with Crippen molar-refractivity contribution in [2.75, 3.05) is 5.32 Å². The van der Waals surface area contributed by atoms with Crippen LogP contribution >= 0.6 is 11.6 Å². The normalized spacial score (nSPS) is 12.1. The molecule has 0 aliphatic carbocycles. The van der Waals surface area contributed by atoms with Crippen LogP contribution in [0.25, 0.3) is 10.9 Å². The lowest BCUT2D eigenvalue weighted by Crippen LogP contribution is -2.36. The second kappa shape index (κ2) is 6.51. The molecule has 21 heavy (non-hydrogen) atoms. The van der Waals surface area contributed by atoms with E-state index in [0.29, 0.717) is 21.6 Å². The van der Waals surface area contributed by atoms with E-state index < -0.39 is 17.9 Å². The molecule has 1 amide bonds. The summed E-state index contributed by atoms with van der Waals surface area (Å²) in [5.41, 5.74) is 6.79. The first-order valence-corrected chi connectivity index (χ1v) is 6.68. The molecule has 0 saturated heterocycles. The lowest BCUT2D eigenvalue weighted by Gasteiger charge is -2.13. The van der Waals surface area contributed by atoms with Gasteiger partial charge in [-0.05, 0) is 30.7 Å². The number of benzene rings is 1. The van der Waals surface area contributed by atoms with Crippen LogP contribution < -0.4 is 11.1 Å². The summed E-state index contributed by atoms with van der Waals surface area (Å²) in [6, 6.07) is 5.93. The van der Waals surface area contributed by atoms with E-state index in [1.165, 1.54) is 0 Å². The van der Waals surface area contributed by atoms with Gasteiger partial charge in [0.05, 0.1) is 22.3 Å². The Morgan fingerprint density at radius 1 is 1.38 bits per heavy atom. The van der Waals surface area contributed by atoms with E-state index in [1.54, 1.807) is 30.5 Å². The highest BCUT2D eigenvalue weighted by Gasteiger charge is 2.16. The number of rotatable bonds is 5. The second-order valence-electron chi connectivity index (χ2n) is 4.52. The topological polar surface area (TPSA) is 105 Å². The molecule has 0 bridgehead atoms. The molecule has 0 aliphatic heterocycles. The SMILES string of the molecule is NC(CCC(=O)O)C(=O)Nc1ccc(Cl)c2ncccc12. The molecule has 1 unspecified atom stereocenters. The van der Waals surface area contributed by atoms with Crippen molar-refractivity contribution in [3.05, 3.63) is 35.5 Å². The molecule has 2 rings (SSSR count). The highest BCUT2D eigenvalue weighted by molar-refractivity contribution is 6.35. The van der Waals surface area contributed by atoms with Crippen molar-refractivity contribution in [3.63, 3.8) is 0 Å². The third kappa shape index (κ3) is 3.68. The summed E-state index contributed by atoms with van der Waals surface area (Å²) in [6.07, 6.45) is 1.53. The van der Waals surface area contributed by atoms with Crippen LogP contribution in [-0.4, -0.2) is 28.0 Å². The van der Waals surface area contributed by atoms with Crippen LogP contribution in [-0.2, 0) is 9.59 Å². The Morgan fingerprint density at radius 3 is 2.86 bits per heavy atom. The van der Waals surface area contributed by atoms with Gasteiger partial charge in [0, 0.05) is 18.0 Å². The number of aromatic nitrogens is 1. The van der Waals surface area contributed by atoms with Crippen LogP contribution in [0.5, 0.6) is 0 Å². The number of amides is 1. The second-order valence-corrected chi connectivity index (χ2v) is 4.93. The molecule has 0 saturated carbocycles. The lowest BCUT2D eigenvalue weighted by molar-refractivity contribution is -0.137. The molecular weight excluding hydrogens is 294 g/mol. The molecule has 4 N–H and O–H groups in total. The zero-order valence-corrected chi connectivity index (χ0v) is 11.8. The number of carboxylic acids is 1. The number of anilines is 1. The number of hydrogen-bond acceptors (Lipinski definition) is 4. The average molecular weight is 308 g/mol. The molecular formula is C14H14ClN3O3. The van der Waals surface area contributed by atoms with Gasteiger partial charge < -0.3 is 16.2 Å². The third-order valence-corrected chi connectivity index (χ3v) is 3.29. The molecule has 1 aromatic carbocycles. The van der Waals surface area contributed by atoms with Crippen molar-refractivity contribution in [1.29, 1.82) is 0 Å². The highest BCUT2D eigenvalue weighted by Crippen LogP contribution is 2.28. The first-order valence-electron chi connectivity index (χ1n) is 6.30.